The van der Waals surface area contributed by atoms with Crippen molar-refractivity contribution in [2.45, 2.75) is 25.1 Å². The van der Waals surface area contributed by atoms with E-state index >= 15 is 0 Å². The molecule has 2 aromatic rings. The molecular weight excluding hydrogens is 309 g/mol. The Morgan fingerprint density at radius 1 is 1.30 bits per heavy atom. The number of hydrogen-bond acceptors (Lipinski definition) is 5. The largest absolute Gasteiger partial charge is 0.421 e. The van der Waals surface area contributed by atoms with Crippen LogP contribution in [-0.4, -0.2) is 38.9 Å². The van der Waals surface area contributed by atoms with E-state index in [1.807, 2.05) is 0 Å². The van der Waals surface area contributed by atoms with Crippen molar-refractivity contribution in [3.8, 4) is 5.82 Å². The van der Waals surface area contributed by atoms with Gasteiger partial charge in [0.2, 0.25) is 5.95 Å². The molecule has 2 aliphatic rings. The second-order valence-electron chi connectivity index (χ2n) is 6.23. The van der Waals surface area contributed by atoms with Gasteiger partial charge in [-0.25, -0.2) is 9.67 Å². The van der Waals surface area contributed by atoms with Crippen LogP contribution >= 0.6 is 0 Å². The highest BCUT2D eigenvalue weighted by molar-refractivity contribution is 5.41. The van der Waals surface area contributed by atoms with E-state index in [2.05, 4.69) is 25.7 Å². The molecular formula is C14H15F3N6. The summed E-state index contributed by atoms with van der Waals surface area (Å²) in [6.45, 7) is 2.02. The van der Waals surface area contributed by atoms with E-state index in [1.54, 1.807) is 6.07 Å². The van der Waals surface area contributed by atoms with Gasteiger partial charge < -0.3 is 10.6 Å². The first-order valence-corrected chi connectivity index (χ1v) is 7.37. The van der Waals surface area contributed by atoms with E-state index in [1.165, 1.54) is 12.4 Å². The molecule has 3 heterocycles. The third-order valence-electron chi connectivity index (χ3n) is 4.49. The minimum Gasteiger partial charge on any atom is -0.351 e. The Kier molecular flexibility index (Phi) is 3.09. The first-order valence-electron chi connectivity index (χ1n) is 7.37. The van der Waals surface area contributed by atoms with Crippen LogP contribution in [0.5, 0.6) is 0 Å². The van der Waals surface area contributed by atoms with Crippen LogP contribution < -0.4 is 10.6 Å². The van der Waals surface area contributed by atoms with E-state index < -0.39 is 11.7 Å². The van der Waals surface area contributed by atoms with Crippen LogP contribution in [0.2, 0.25) is 0 Å². The molecule has 4 rings (SSSR count). The van der Waals surface area contributed by atoms with Gasteiger partial charge in [0.25, 0.3) is 0 Å². The van der Waals surface area contributed by atoms with Crippen LogP contribution in [-0.2, 0) is 6.18 Å². The summed E-state index contributed by atoms with van der Waals surface area (Å²) < 4.78 is 40.5. The third-order valence-corrected chi connectivity index (χ3v) is 4.49. The van der Waals surface area contributed by atoms with Crippen molar-refractivity contribution < 1.29 is 13.2 Å². The Bertz CT molecular complexity index is 700. The SMILES string of the molecule is FC(F)(F)c1cnc(NC2CC3(CNC3)C2)nc1-n1cccn1. The molecule has 1 aliphatic carbocycles. The number of hydrogen-bond donors (Lipinski definition) is 2. The lowest BCUT2D eigenvalue weighted by atomic mass is 9.62. The smallest absolute Gasteiger partial charge is 0.351 e. The molecule has 2 fully saturated rings. The monoisotopic (exact) mass is 324 g/mol. The van der Waals surface area contributed by atoms with Gasteiger partial charge in [-0.2, -0.15) is 23.3 Å². The zero-order chi connectivity index (χ0) is 16.1. The average Bonchev–Trinajstić information content (AvgIpc) is 2.92. The average molecular weight is 324 g/mol. The predicted octanol–water partition coefficient (Wildman–Crippen LogP) is 1.84. The number of rotatable bonds is 3. The maximum absolute atomic E-state index is 13.1. The highest BCUT2D eigenvalue weighted by Crippen LogP contribution is 2.45. The van der Waals surface area contributed by atoms with E-state index in [-0.39, 0.29) is 17.8 Å². The fraction of sp³-hybridized carbons (Fsp3) is 0.500. The van der Waals surface area contributed by atoms with E-state index in [0.29, 0.717) is 5.41 Å². The molecule has 0 bridgehead atoms. The molecule has 0 amide bonds. The van der Waals surface area contributed by atoms with E-state index in [0.717, 1.165) is 36.8 Å². The number of nitrogens with zero attached hydrogens (tertiary/aromatic N) is 4. The van der Waals surface area contributed by atoms with Gasteiger partial charge in [0.1, 0.15) is 5.56 Å². The highest BCUT2D eigenvalue weighted by atomic mass is 19.4. The Labute approximate surface area is 130 Å². The fourth-order valence-corrected chi connectivity index (χ4v) is 3.25. The van der Waals surface area contributed by atoms with Gasteiger partial charge in [-0.15, -0.1) is 0 Å². The van der Waals surface area contributed by atoms with E-state index in [4.69, 9.17) is 0 Å². The zero-order valence-electron chi connectivity index (χ0n) is 12.1. The molecule has 1 aliphatic heterocycles. The normalized spacial score (nSPS) is 20.1. The molecule has 122 valence electrons. The number of anilines is 1. The highest BCUT2D eigenvalue weighted by Gasteiger charge is 2.48. The number of alkyl halides is 3. The second kappa shape index (κ2) is 4.92. The molecule has 0 radical (unpaired) electrons. The Morgan fingerprint density at radius 3 is 2.65 bits per heavy atom. The minimum absolute atomic E-state index is 0.204. The summed E-state index contributed by atoms with van der Waals surface area (Å²) in [5.74, 6) is -0.0602. The van der Waals surface area contributed by atoms with Crippen molar-refractivity contribution in [3.63, 3.8) is 0 Å². The molecule has 2 aromatic heterocycles. The third kappa shape index (κ3) is 2.54. The zero-order valence-corrected chi connectivity index (χ0v) is 12.1. The first-order chi connectivity index (χ1) is 11.0. The van der Waals surface area contributed by atoms with Gasteiger partial charge in [0.05, 0.1) is 0 Å². The van der Waals surface area contributed by atoms with E-state index in [9.17, 15) is 13.2 Å². The molecule has 0 unspecified atom stereocenters. The van der Waals surface area contributed by atoms with Crippen molar-refractivity contribution in [2.24, 2.45) is 5.41 Å². The standard InChI is InChI=1S/C14H15F3N6/c15-14(16,17)10-6-19-12(22-11(10)23-3-1-2-20-23)21-9-4-13(5-9)7-18-8-13/h1-3,6,9,18H,4-5,7-8H2,(H,19,21,22). The molecule has 0 aromatic carbocycles. The van der Waals surface area contributed by atoms with Crippen LogP contribution in [0.3, 0.4) is 0 Å². The van der Waals surface area contributed by atoms with Gasteiger partial charge in [0, 0.05) is 37.7 Å². The molecule has 1 spiro atoms. The molecule has 6 nitrogen and oxygen atoms in total. The van der Waals surface area contributed by atoms with Gasteiger partial charge >= 0.3 is 6.18 Å². The summed E-state index contributed by atoms with van der Waals surface area (Å²) >= 11 is 0. The molecule has 1 saturated carbocycles. The van der Waals surface area contributed by atoms with Crippen molar-refractivity contribution in [1.82, 2.24) is 25.1 Å². The topological polar surface area (TPSA) is 67.7 Å². The quantitative estimate of drug-likeness (QED) is 0.902. The van der Waals surface area contributed by atoms with Crippen LogP contribution in [0.25, 0.3) is 5.82 Å². The molecule has 2 N–H and O–H groups in total. The van der Waals surface area contributed by atoms with Crippen molar-refractivity contribution in [3.05, 3.63) is 30.2 Å². The van der Waals surface area contributed by atoms with Gasteiger partial charge in [-0.05, 0) is 24.3 Å². The molecule has 23 heavy (non-hydrogen) atoms. The minimum atomic E-state index is -4.53. The number of nitrogens with one attached hydrogen (secondary N) is 2. The van der Waals surface area contributed by atoms with Crippen LogP contribution in [0.4, 0.5) is 19.1 Å². The molecule has 9 heteroatoms. The van der Waals surface area contributed by atoms with Crippen molar-refractivity contribution in [2.75, 3.05) is 18.4 Å². The summed E-state index contributed by atoms with van der Waals surface area (Å²) in [7, 11) is 0. The summed E-state index contributed by atoms with van der Waals surface area (Å²) in [5.41, 5.74) is -0.533. The second-order valence-corrected chi connectivity index (χ2v) is 6.23. The summed E-state index contributed by atoms with van der Waals surface area (Å²) in [4.78, 5) is 7.87. The maximum atomic E-state index is 13.1. The first kappa shape index (κ1) is 14.4. The lowest BCUT2D eigenvalue weighted by Gasteiger charge is -2.54. The lowest BCUT2D eigenvalue weighted by molar-refractivity contribution is -0.138. The Hall–Kier alpha value is -2.16. The molecule has 1 saturated heterocycles. The van der Waals surface area contributed by atoms with Gasteiger partial charge in [-0.3, -0.25) is 0 Å². The van der Waals surface area contributed by atoms with Crippen molar-refractivity contribution >= 4 is 5.95 Å². The van der Waals surface area contributed by atoms with Crippen LogP contribution in [0.1, 0.15) is 18.4 Å². The van der Waals surface area contributed by atoms with Crippen LogP contribution in [0.15, 0.2) is 24.7 Å². The van der Waals surface area contributed by atoms with Gasteiger partial charge in [-0.1, -0.05) is 0 Å². The lowest BCUT2D eigenvalue weighted by Crippen LogP contribution is -2.63. The predicted molar refractivity (Wildman–Crippen MR) is 76.1 cm³/mol. The number of aromatic nitrogens is 4. The molecule has 0 atom stereocenters. The summed E-state index contributed by atoms with van der Waals surface area (Å²) in [6.07, 6.45) is 1.10. The Morgan fingerprint density at radius 2 is 2.09 bits per heavy atom. The number of halogens is 3. The summed E-state index contributed by atoms with van der Waals surface area (Å²) in [5, 5.41) is 10.2. The Balaban J connectivity index is 1.58. The maximum Gasteiger partial charge on any atom is 0.421 e. The van der Waals surface area contributed by atoms with Crippen LogP contribution in [0, 0.1) is 5.41 Å². The fourth-order valence-electron chi connectivity index (χ4n) is 3.25. The van der Waals surface area contributed by atoms with Gasteiger partial charge in [0.15, 0.2) is 5.82 Å². The van der Waals surface area contributed by atoms with Crippen molar-refractivity contribution in [1.29, 1.82) is 0 Å². The summed E-state index contributed by atoms with van der Waals surface area (Å²) in [6, 6.07) is 1.76.